The van der Waals surface area contributed by atoms with Gasteiger partial charge in [-0.3, -0.25) is 4.79 Å². The topological polar surface area (TPSA) is 132 Å². The summed E-state index contributed by atoms with van der Waals surface area (Å²) in [6, 6.07) is 0. The highest BCUT2D eigenvalue weighted by Gasteiger charge is 1.97. The van der Waals surface area contributed by atoms with Crippen LogP contribution < -0.4 is 10.6 Å². The SMILES string of the molecule is C.C.C.C.C.C.C.C.C.C.CCCC.CCCCC.CCCCCC(O)CC.CCCCCOCOCC.CCCCOCOCC.CCCNC.CCNC(=O)CC.O=C=O. The quantitative estimate of drug-likeness (QED) is 0.0605. The van der Waals surface area contributed by atoms with Gasteiger partial charge in [0.05, 0.1) is 6.10 Å². The molecular formula is C52H136N2O8. The molecule has 0 rings (SSSR count). The highest BCUT2D eigenvalue weighted by Crippen LogP contribution is 2.04. The molecular weight excluding hydrogens is 781 g/mol. The number of nitrogens with one attached hydrogen (secondary N) is 2. The lowest BCUT2D eigenvalue weighted by Gasteiger charge is -2.04. The van der Waals surface area contributed by atoms with Crippen molar-refractivity contribution in [2.45, 2.75) is 280 Å². The van der Waals surface area contributed by atoms with Crippen molar-refractivity contribution in [3.05, 3.63) is 0 Å². The fourth-order valence-electron chi connectivity index (χ4n) is 2.86. The number of ether oxygens (including phenoxy) is 4. The monoisotopic (exact) mass is 917 g/mol. The zero-order valence-corrected chi connectivity index (χ0v) is 37.6. The van der Waals surface area contributed by atoms with E-state index in [0.717, 1.165) is 65.2 Å². The van der Waals surface area contributed by atoms with Crippen LogP contribution in [0.3, 0.4) is 0 Å². The van der Waals surface area contributed by atoms with Crippen LogP contribution in [-0.4, -0.2) is 83.4 Å². The first kappa shape index (κ1) is 119. The second kappa shape index (κ2) is 153. The Labute approximate surface area is 399 Å². The summed E-state index contributed by atoms with van der Waals surface area (Å²) in [5.74, 6) is 0.127. The molecule has 3 N–H and O–H groups in total. The van der Waals surface area contributed by atoms with Crippen LogP contribution >= 0.6 is 0 Å². The number of hydrogen-bond acceptors (Lipinski definition) is 9. The molecule has 10 nitrogen and oxygen atoms in total. The van der Waals surface area contributed by atoms with Gasteiger partial charge in [0.25, 0.3) is 0 Å². The van der Waals surface area contributed by atoms with Gasteiger partial charge in [0, 0.05) is 39.4 Å². The van der Waals surface area contributed by atoms with Gasteiger partial charge in [-0.15, -0.1) is 0 Å². The largest absolute Gasteiger partial charge is 0.393 e. The smallest absolute Gasteiger partial charge is 0.373 e. The van der Waals surface area contributed by atoms with Crippen molar-refractivity contribution in [1.29, 1.82) is 0 Å². The molecule has 0 saturated carbocycles. The summed E-state index contributed by atoms with van der Waals surface area (Å²) in [5, 5.41) is 14.8. The van der Waals surface area contributed by atoms with Crippen LogP contribution in [-0.2, 0) is 33.3 Å². The van der Waals surface area contributed by atoms with Gasteiger partial charge in [-0.2, -0.15) is 9.59 Å². The molecule has 62 heavy (non-hydrogen) atoms. The van der Waals surface area contributed by atoms with Crippen molar-refractivity contribution in [3.8, 4) is 0 Å². The van der Waals surface area contributed by atoms with E-state index in [1.165, 1.54) is 77.0 Å². The summed E-state index contributed by atoms with van der Waals surface area (Å²) in [5.41, 5.74) is 0. The van der Waals surface area contributed by atoms with Gasteiger partial charge >= 0.3 is 6.15 Å². The Balaban J connectivity index is -0.0000000223. The molecule has 0 saturated heterocycles. The summed E-state index contributed by atoms with van der Waals surface area (Å²) in [6.07, 6.45) is 20.3. The number of carbonyl (C=O) groups is 1. The van der Waals surface area contributed by atoms with Gasteiger partial charge in [-0.25, -0.2) is 0 Å². The van der Waals surface area contributed by atoms with E-state index in [0.29, 0.717) is 20.0 Å². The molecule has 1 amide bonds. The highest BCUT2D eigenvalue weighted by atomic mass is 16.7. The van der Waals surface area contributed by atoms with Crippen molar-refractivity contribution in [2.75, 3.05) is 60.2 Å². The third-order valence-electron chi connectivity index (χ3n) is 6.29. The van der Waals surface area contributed by atoms with E-state index in [1.807, 2.05) is 41.7 Å². The molecule has 0 aromatic carbocycles. The molecule has 10 heteroatoms. The lowest BCUT2D eigenvalue weighted by molar-refractivity contribution is -0.191. The third-order valence-corrected chi connectivity index (χ3v) is 6.29. The summed E-state index contributed by atoms with van der Waals surface area (Å²) in [4.78, 5) is 26.6. The van der Waals surface area contributed by atoms with Gasteiger partial charge in [-0.1, -0.05) is 214 Å². The number of amides is 1. The molecule has 1 atom stereocenters. The second-order valence-electron chi connectivity index (χ2n) is 11.5. The second-order valence-corrected chi connectivity index (χ2v) is 11.5. The number of unbranched alkanes of at least 4 members (excludes halogenated alkanes) is 8. The van der Waals surface area contributed by atoms with Crippen molar-refractivity contribution in [2.24, 2.45) is 0 Å². The van der Waals surface area contributed by atoms with Gasteiger partial charge in [0.15, 0.2) is 0 Å². The number of carbonyl (C=O) groups excluding carboxylic acids is 3. The molecule has 402 valence electrons. The Morgan fingerprint density at radius 3 is 1.06 bits per heavy atom. The fourth-order valence-corrected chi connectivity index (χ4v) is 2.86. The number of rotatable bonds is 25. The zero-order chi connectivity index (χ0) is 41.8. The Morgan fingerprint density at radius 2 is 0.855 bits per heavy atom. The summed E-state index contributed by atoms with van der Waals surface area (Å²) in [7, 11) is 1.96. The molecule has 0 heterocycles. The number of hydrogen-bond donors (Lipinski definition) is 3. The van der Waals surface area contributed by atoms with Crippen LogP contribution in [0.25, 0.3) is 0 Å². The van der Waals surface area contributed by atoms with E-state index in [2.05, 4.69) is 66.0 Å². The molecule has 0 bridgehead atoms. The van der Waals surface area contributed by atoms with Gasteiger partial charge in [0.1, 0.15) is 13.6 Å². The maximum Gasteiger partial charge on any atom is 0.373 e. The van der Waals surface area contributed by atoms with E-state index in [9.17, 15) is 4.79 Å². The third kappa shape index (κ3) is 238. The molecule has 0 aromatic heterocycles. The Bertz CT molecular complexity index is 515. The maximum absolute atomic E-state index is 10.3. The molecule has 0 fully saturated rings. The predicted molar refractivity (Wildman–Crippen MR) is 291 cm³/mol. The average molecular weight is 918 g/mol. The lowest BCUT2D eigenvalue weighted by atomic mass is 10.1. The summed E-state index contributed by atoms with van der Waals surface area (Å²) in [6.45, 7) is 33.1. The van der Waals surface area contributed by atoms with Crippen molar-refractivity contribution < 1.29 is 38.4 Å². The molecule has 0 aliphatic rings. The van der Waals surface area contributed by atoms with Crippen LogP contribution in [0, 0.1) is 0 Å². The van der Waals surface area contributed by atoms with Crippen LogP contribution in [0.4, 0.5) is 0 Å². The first-order valence-corrected chi connectivity index (χ1v) is 21.0. The number of aliphatic hydroxyl groups excluding tert-OH is 1. The van der Waals surface area contributed by atoms with Crippen LogP contribution in [0.1, 0.15) is 273 Å². The first-order chi connectivity index (χ1) is 25.1. The molecule has 0 aliphatic heterocycles. The standard InChI is InChI=1S/C8H18O2.C8H18O.C7H16O2.C5H11NO.C5H12.C4H11N.C4H10.CO2.10CH4/c1-3-5-6-7-10-8-9-4-2;1-3-5-6-7-8(9)4-2;1-3-5-6-9-7-8-4-2;1-3-5(7)6-4-2;1-3-5-4-2;1-3-4-5-2;1-3-4-2;2-1-3;;;;;;;;;;/h3-8H2,1-2H3;8-9H,3-7H2,1-2H3;3-7H2,1-2H3;3-4H2,1-2H3,(H,6,7);3-5H2,1-2H3;5H,3-4H2,1-2H3;3-4H2,1-2H3;;10*1H4. The van der Waals surface area contributed by atoms with Crippen molar-refractivity contribution in [1.82, 2.24) is 10.6 Å². The normalized spacial score (nSPS) is 7.98. The fraction of sp³-hybridized carbons (Fsp3) is 0.962. The van der Waals surface area contributed by atoms with Crippen LogP contribution in [0.5, 0.6) is 0 Å². The molecule has 1 unspecified atom stereocenters. The Kier molecular flexibility index (Phi) is 292. The van der Waals surface area contributed by atoms with E-state index in [1.54, 1.807) is 0 Å². The zero-order valence-electron chi connectivity index (χ0n) is 37.6. The van der Waals surface area contributed by atoms with Crippen molar-refractivity contribution >= 4 is 12.1 Å². The van der Waals surface area contributed by atoms with Gasteiger partial charge in [0.2, 0.25) is 5.91 Å². The molecule has 0 aliphatic carbocycles. The summed E-state index contributed by atoms with van der Waals surface area (Å²) >= 11 is 0. The minimum Gasteiger partial charge on any atom is -0.393 e. The van der Waals surface area contributed by atoms with Crippen molar-refractivity contribution in [3.63, 3.8) is 0 Å². The van der Waals surface area contributed by atoms with E-state index < -0.39 is 0 Å². The Morgan fingerprint density at radius 1 is 0.500 bits per heavy atom. The predicted octanol–water partition coefficient (Wildman–Crippen LogP) is 17.3. The lowest BCUT2D eigenvalue weighted by Crippen LogP contribution is -2.20. The Hall–Kier alpha value is -1.39. The van der Waals surface area contributed by atoms with Crippen LogP contribution in [0.2, 0.25) is 0 Å². The van der Waals surface area contributed by atoms with E-state index >= 15 is 0 Å². The maximum atomic E-state index is 10.3. The average Bonchev–Trinajstić information content (AvgIpc) is 3.15. The first-order valence-electron chi connectivity index (χ1n) is 21.0. The minimum atomic E-state index is -0.0449. The van der Waals surface area contributed by atoms with Crippen LogP contribution in [0.15, 0.2) is 0 Å². The molecule has 0 spiro atoms. The molecule has 0 radical (unpaired) electrons. The summed E-state index contributed by atoms with van der Waals surface area (Å²) < 4.78 is 20.2. The van der Waals surface area contributed by atoms with Gasteiger partial charge < -0.3 is 34.7 Å². The van der Waals surface area contributed by atoms with E-state index in [4.69, 9.17) is 33.6 Å². The molecule has 0 aromatic rings. The van der Waals surface area contributed by atoms with E-state index in [-0.39, 0.29) is 92.4 Å². The number of aliphatic hydroxyl groups is 1. The highest BCUT2D eigenvalue weighted by molar-refractivity contribution is 5.75. The minimum absolute atomic E-state index is 0. The van der Waals surface area contributed by atoms with Gasteiger partial charge in [-0.05, 0) is 66.5 Å².